The minimum Gasteiger partial charge on any atom is -0.389 e. The van der Waals surface area contributed by atoms with Crippen molar-refractivity contribution in [2.75, 3.05) is 6.54 Å². The number of aryl methyl sites for hydroxylation is 1. The number of likely N-dealkylation sites (tertiary alicyclic amines) is 1. The van der Waals surface area contributed by atoms with Gasteiger partial charge in [-0.2, -0.15) is 0 Å². The molecular weight excluding hydrogens is 364 g/mol. The Bertz CT molecular complexity index is 828. The molecule has 3 atom stereocenters. The Labute approximate surface area is 172 Å². The van der Waals surface area contributed by atoms with Crippen molar-refractivity contribution in [2.24, 2.45) is 0 Å². The highest BCUT2D eigenvalue weighted by molar-refractivity contribution is 5.77. The molecule has 1 aromatic carbocycles. The average molecular weight is 397 g/mol. The third kappa shape index (κ3) is 4.53. The van der Waals surface area contributed by atoms with Crippen molar-refractivity contribution < 1.29 is 9.90 Å². The average Bonchev–Trinajstić information content (AvgIpc) is 3.46. The van der Waals surface area contributed by atoms with Gasteiger partial charge in [0.25, 0.3) is 0 Å². The number of piperidine rings is 1. The van der Waals surface area contributed by atoms with Gasteiger partial charge in [-0.1, -0.05) is 54.8 Å². The second-order valence-electron chi connectivity index (χ2n) is 8.70. The zero-order chi connectivity index (χ0) is 20.4. The van der Waals surface area contributed by atoms with Gasteiger partial charge in [-0.05, 0) is 38.2 Å². The van der Waals surface area contributed by atoms with Gasteiger partial charge in [0.1, 0.15) is 0 Å². The second-order valence-corrected chi connectivity index (χ2v) is 8.70. The maximum absolute atomic E-state index is 13.0. The van der Waals surface area contributed by atoms with E-state index < -0.39 is 6.10 Å². The number of aliphatic hydroxyl groups is 1. The monoisotopic (exact) mass is 396 g/mol. The normalized spacial score (nSPS) is 24.7. The number of nitrogens with zero attached hydrogens (tertiary/aromatic N) is 4. The highest BCUT2D eigenvalue weighted by Gasteiger charge is 2.39. The Morgan fingerprint density at radius 2 is 1.97 bits per heavy atom. The fraction of sp³-hybridized carbons (Fsp3) is 0.609. The minimum absolute atomic E-state index is 0.0494. The molecule has 0 unspecified atom stereocenters. The summed E-state index contributed by atoms with van der Waals surface area (Å²) in [5, 5.41) is 19.6. The Morgan fingerprint density at radius 1 is 1.21 bits per heavy atom. The Balaban J connectivity index is 1.57. The molecule has 2 aliphatic rings. The number of carbonyl (C=O) groups is 1. The highest BCUT2D eigenvalue weighted by Crippen LogP contribution is 2.41. The predicted octanol–water partition coefficient (Wildman–Crippen LogP) is 3.92. The SMILES string of the molecule is CCCCCC(=O)N1C[C@@H](O)[C@H](n2cc(C3CC3)nn2)C[C@@H]1c1ccc(C)cc1. The molecule has 29 heavy (non-hydrogen) atoms. The number of rotatable bonds is 7. The first-order valence-corrected chi connectivity index (χ1v) is 11.0. The number of benzene rings is 1. The zero-order valence-electron chi connectivity index (χ0n) is 17.5. The number of aromatic nitrogens is 3. The largest absolute Gasteiger partial charge is 0.389 e. The van der Waals surface area contributed by atoms with Crippen molar-refractivity contribution >= 4 is 5.91 Å². The summed E-state index contributed by atoms with van der Waals surface area (Å²) >= 11 is 0. The number of aliphatic hydroxyl groups excluding tert-OH is 1. The van der Waals surface area contributed by atoms with Crippen LogP contribution in [0.1, 0.15) is 86.7 Å². The van der Waals surface area contributed by atoms with Crippen LogP contribution in [0.3, 0.4) is 0 Å². The summed E-state index contributed by atoms with van der Waals surface area (Å²) in [5.41, 5.74) is 3.35. The topological polar surface area (TPSA) is 71.2 Å². The summed E-state index contributed by atoms with van der Waals surface area (Å²) in [7, 11) is 0. The van der Waals surface area contributed by atoms with Crippen molar-refractivity contribution in [3.8, 4) is 0 Å². The van der Waals surface area contributed by atoms with Crippen molar-refractivity contribution in [3.05, 3.63) is 47.3 Å². The highest BCUT2D eigenvalue weighted by atomic mass is 16.3. The van der Waals surface area contributed by atoms with Crippen LogP contribution in [-0.4, -0.2) is 43.6 Å². The van der Waals surface area contributed by atoms with E-state index in [-0.39, 0.29) is 18.0 Å². The fourth-order valence-corrected chi connectivity index (χ4v) is 4.32. The maximum Gasteiger partial charge on any atom is 0.223 e. The molecule has 4 rings (SSSR count). The van der Waals surface area contributed by atoms with Gasteiger partial charge in [0.15, 0.2) is 0 Å². The van der Waals surface area contributed by atoms with Crippen molar-refractivity contribution in [2.45, 2.75) is 82.9 Å². The summed E-state index contributed by atoms with van der Waals surface area (Å²) in [4.78, 5) is 14.9. The first-order chi connectivity index (χ1) is 14.1. The lowest BCUT2D eigenvalue weighted by Gasteiger charge is -2.42. The number of amides is 1. The van der Waals surface area contributed by atoms with Crippen LogP contribution in [0, 0.1) is 6.92 Å². The number of hydrogen-bond donors (Lipinski definition) is 1. The van der Waals surface area contributed by atoms with Crippen LogP contribution >= 0.6 is 0 Å². The summed E-state index contributed by atoms with van der Waals surface area (Å²) in [6.45, 7) is 4.55. The van der Waals surface area contributed by atoms with Crippen LogP contribution in [-0.2, 0) is 4.79 Å². The summed E-state index contributed by atoms with van der Waals surface area (Å²) in [6, 6.07) is 8.19. The smallest absolute Gasteiger partial charge is 0.223 e. The van der Waals surface area contributed by atoms with Gasteiger partial charge in [0.05, 0.1) is 23.9 Å². The maximum atomic E-state index is 13.0. The van der Waals surface area contributed by atoms with E-state index >= 15 is 0 Å². The van der Waals surface area contributed by atoms with Crippen LogP contribution in [0.4, 0.5) is 0 Å². The molecule has 0 radical (unpaired) electrons. The van der Waals surface area contributed by atoms with Crippen LogP contribution in [0.25, 0.3) is 0 Å². The summed E-state index contributed by atoms with van der Waals surface area (Å²) < 4.78 is 1.83. The van der Waals surface area contributed by atoms with Crippen molar-refractivity contribution in [1.29, 1.82) is 0 Å². The van der Waals surface area contributed by atoms with Gasteiger partial charge in [0, 0.05) is 25.1 Å². The molecule has 0 bridgehead atoms. The standard InChI is InChI=1S/C23H32N4O2/c1-3-4-5-6-23(29)26-15-22(28)21(27-14-19(24-25-27)17-11-12-17)13-20(26)18-9-7-16(2)8-10-18/h7-10,14,17,20-22,28H,3-6,11-13,15H2,1-2H3/t20-,21-,22-/m1/s1. The minimum atomic E-state index is -0.638. The first kappa shape index (κ1) is 20.1. The molecule has 1 saturated heterocycles. The lowest BCUT2D eigenvalue weighted by molar-refractivity contribution is -0.140. The van der Waals surface area contributed by atoms with E-state index in [4.69, 9.17) is 0 Å². The molecule has 6 nitrogen and oxygen atoms in total. The molecule has 2 heterocycles. The molecule has 1 amide bonds. The van der Waals surface area contributed by atoms with Crippen LogP contribution in [0.2, 0.25) is 0 Å². The van der Waals surface area contributed by atoms with Crippen molar-refractivity contribution in [1.82, 2.24) is 19.9 Å². The number of unbranched alkanes of at least 4 members (excludes halogenated alkanes) is 2. The van der Waals surface area contributed by atoms with Gasteiger partial charge < -0.3 is 10.0 Å². The summed E-state index contributed by atoms with van der Waals surface area (Å²) in [6.07, 6.45) is 7.96. The van der Waals surface area contributed by atoms with Gasteiger partial charge in [-0.15, -0.1) is 5.10 Å². The molecule has 2 aromatic rings. The third-order valence-corrected chi connectivity index (χ3v) is 6.31. The van der Waals surface area contributed by atoms with E-state index in [2.05, 4.69) is 48.4 Å². The van der Waals surface area contributed by atoms with Crippen LogP contribution < -0.4 is 0 Å². The van der Waals surface area contributed by atoms with Crippen molar-refractivity contribution in [3.63, 3.8) is 0 Å². The molecule has 156 valence electrons. The second kappa shape index (κ2) is 8.66. The van der Waals surface area contributed by atoms with Gasteiger partial charge in [0.2, 0.25) is 5.91 Å². The molecule has 2 fully saturated rings. The Kier molecular flexibility index (Phi) is 5.99. The molecule has 1 N–H and O–H groups in total. The zero-order valence-corrected chi connectivity index (χ0v) is 17.5. The Morgan fingerprint density at radius 3 is 2.66 bits per heavy atom. The Hall–Kier alpha value is -2.21. The van der Waals surface area contributed by atoms with Gasteiger partial charge in [-0.25, -0.2) is 4.68 Å². The molecule has 1 saturated carbocycles. The molecule has 1 aromatic heterocycles. The van der Waals surface area contributed by atoms with E-state index in [1.54, 1.807) is 0 Å². The van der Waals surface area contributed by atoms with Crippen LogP contribution in [0.5, 0.6) is 0 Å². The predicted molar refractivity (Wildman–Crippen MR) is 111 cm³/mol. The lowest BCUT2D eigenvalue weighted by Crippen LogP contribution is -2.49. The molecular formula is C23H32N4O2. The number of β-amino-alcohol motifs (C(OH)–C–C–N with tert-alkyl or cyclic N) is 1. The van der Waals surface area contributed by atoms with Gasteiger partial charge >= 0.3 is 0 Å². The molecule has 1 aliphatic carbocycles. The molecule has 1 aliphatic heterocycles. The molecule has 6 heteroatoms. The van der Waals surface area contributed by atoms with E-state index in [9.17, 15) is 9.90 Å². The van der Waals surface area contributed by atoms with E-state index in [1.807, 2.05) is 15.8 Å². The van der Waals surface area contributed by atoms with Crippen LogP contribution in [0.15, 0.2) is 30.5 Å². The fourth-order valence-electron chi connectivity index (χ4n) is 4.32. The quantitative estimate of drug-likeness (QED) is 0.720. The van der Waals surface area contributed by atoms with E-state index in [0.29, 0.717) is 25.3 Å². The van der Waals surface area contributed by atoms with E-state index in [0.717, 1.165) is 30.5 Å². The van der Waals surface area contributed by atoms with Gasteiger partial charge in [-0.3, -0.25) is 4.79 Å². The third-order valence-electron chi connectivity index (χ3n) is 6.31. The molecule has 0 spiro atoms. The lowest BCUT2D eigenvalue weighted by atomic mass is 9.89. The van der Waals surface area contributed by atoms with E-state index in [1.165, 1.54) is 18.4 Å². The number of hydrogen-bond acceptors (Lipinski definition) is 4. The summed E-state index contributed by atoms with van der Waals surface area (Å²) in [5.74, 6) is 0.674. The first-order valence-electron chi connectivity index (χ1n) is 11.0. The number of carbonyl (C=O) groups excluding carboxylic acids is 1.